The second-order valence-corrected chi connectivity index (χ2v) is 6.37. The predicted molar refractivity (Wildman–Crippen MR) is 82.2 cm³/mol. The third kappa shape index (κ3) is 2.96. The van der Waals surface area contributed by atoms with E-state index in [1.165, 1.54) is 0 Å². The fourth-order valence-corrected chi connectivity index (χ4v) is 3.04. The van der Waals surface area contributed by atoms with Crippen molar-refractivity contribution in [3.8, 4) is 11.4 Å². The first-order valence-corrected chi connectivity index (χ1v) is 7.95. The van der Waals surface area contributed by atoms with Gasteiger partial charge in [-0.2, -0.15) is 4.98 Å². The normalized spacial score (nSPS) is 24.7. The summed E-state index contributed by atoms with van der Waals surface area (Å²) >= 11 is 0. The zero-order valence-corrected chi connectivity index (χ0v) is 13.0. The van der Waals surface area contributed by atoms with Gasteiger partial charge in [-0.15, -0.1) is 0 Å². The summed E-state index contributed by atoms with van der Waals surface area (Å²) in [7, 11) is 2.02. The standard InChI is InChI=1S/C16H19N5O2/c1-21-9-12(18-15(22)10-4-5-10)7-13(21)16-19-14(20-23-16)11-3-2-6-17-8-11/h2-3,6,8,10,12-13H,4-5,7,9H2,1H3,(H,18,22)/t12-,13-/m0/s1. The van der Waals surface area contributed by atoms with Crippen LogP contribution in [0.4, 0.5) is 0 Å². The molecule has 2 aromatic rings. The fraction of sp³-hybridized carbons (Fsp3) is 0.500. The Bertz CT molecular complexity index is 698. The van der Waals surface area contributed by atoms with Crippen LogP contribution in [0.1, 0.15) is 31.2 Å². The number of nitrogens with one attached hydrogen (secondary N) is 1. The highest BCUT2D eigenvalue weighted by Crippen LogP contribution is 2.33. The van der Waals surface area contributed by atoms with E-state index in [9.17, 15) is 4.79 Å². The van der Waals surface area contributed by atoms with Crippen LogP contribution in [0.15, 0.2) is 29.0 Å². The molecule has 2 aromatic heterocycles. The number of aromatic nitrogens is 3. The second-order valence-electron chi connectivity index (χ2n) is 6.37. The van der Waals surface area contributed by atoms with Crippen LogP contribution in [0.5, 0.6) is 0 Å². The van der Waals surface area contributed by atoms with Crippen LogP contribution < -0.4 is 5.32 Å². The lowest BCUT2D eigenvalue weighted by molar-refractivity contribution is -0.122. The molecule has 1 amide bonds. The summed E-state index contributed by atoms with van der Waals surface area (Å²) in [6.45, 7) is 0.799. The topological polar surface area (TPSA) is 84.2 Å². The van der Waals surface area contributed by atoms with Crippen molar-refractivity contribution in [3.05, 3.63) is 30.4 Å². The highest BCUT2D eigenvalue weighted by atomic mass is 16.5. The van der Waals surface area contributed by atoms with Gasteiger partial charge < -0.3 is 9.84 Å². The molecule has 0 spiro atoms. The Kier molecular flexibility index (Phi) is 3.57. The Morgan fingerprint density at radius 3 is 3.04 bits per heavy atom. The van der Waals surface area contributed by atoms with Crippen LogP contribution >= 0.6 is 0 Å². The molecular formula is C16H19N5O2. The number of carbonyl (C=O) groups excluding carboxylic acids is 1. The molecule has 0 aromatic carbocycles. The average molecular weight is 313 g/mol. The van der Waals surface area contributed by atoms with Crippen LogP contribution in [0.3, 0.4) is 0 Å². The van der Waals surface area contributed by atoms with Gasteiger partial charge in [-0.25, -0.2) is 0 Å². The SMILES string of the molecule is CN1C[C@@H](NC(=O)C2CC2)C[C@H]1c1nc(-c2cccnc2)no1. The van der Waals surface area contributed by atoms with E-state index >= 15 is 0 Å². The molecule has 1 aliphatic carbocycles. The van der Waals surface area contributed by atoms with Crippen molar-refractivity contribution in [2.45, 2.75) is 31.3 Å². The minimum Gasteiger partial charge on any atom is -0.352 e. The van der Waals surface area contributed by atoms with Crippen molar-refractivity contribution in [2.75, 3.05) is 13.6 Å². The summed E-state index contributed by atoms with van der Waals surface area (Å²) in [4.78, 5) is 22.6. The molecule has 23 heavy (non-hydrogen) atoms. The number of hydrogen-bond acceptors (Lipinski definition) is 6. The van der Waals surface area contributed by atoms with Gasteiger partial charge >= 0.3 is 0 Å². The van der Waals surface area contributed by atoms with Crippen molar-refractivity contribution < 1.29 is 9.32 Å². The van der Waals surface area contributed by atoms with Gasteiger partial charge in [-0.3, -0.25) is 14.7 Å². The van der Waals surface area contributed by atoms with Crippen LogP contribution in [-0.2, 0) is 4.79 Å². The van der Waals surface area contributed by atoms with E-state index < -0.39 is 0 Å². The lowest BCUT2D eigenvalue weighted by Gasteiger charge is -2.14. The highest BCUT2D eigenvalue weighted by molar-refractivity contribution is 5.81. The molecule has 2 aliphatic rings. The number of amides is 1. The Morgan fingerprint density at radius 2 is 2.30 bits per heavy atom. The zero-order chi connectivity index (χ0) is 15.8. The molecule has 0 radical (unpaired) electrons. The van der Waals surface area contributed by atoms with E-state index in [2.05, 4.69) is 25.3 Å². The maximum Gasteiger partial charge on any atom is 0.244 e. The number of nitrogens with zero attached hydrogens (tertiary/aromatic N) is 4. The number of carbonyl (C=O) groups is 1. The number of rotatable bonds is 4. The van der Waals surface area contributed by atoms with E-state index in [1.807, 2.05) is 19.2 Å². The Hall–Kier alpha value is -2.28. The molecule has 4 rings (SSSR count). The van der Waals surface area contributed by atoms with Crippen molar-refractivity contribution in [2.24, 2.45) is 5.92 Å². The number of pyridine rings is 1. The van der Waals surface area contributed by atoms with Gasteiger partial charge in [0.25, 0.3) is 0 Å². The minimum absolute atomic E-state index is 0.0393. The van der Waals surface area contributed by atoms with Gasteiger partial charge in [0.2, 0.25) is 17.6 Å². The Balaban J connectivity index is 1.45. The van der Waals surface area contributed by atoms with Crippen molar-refractivity contribution >= 4 is 5.91 Å². The van der Waals surface area contributed by atoms with E-state index in [-0.39, 0.29) is 23.9 Å². The van der Waals surface area contributed by atoms with E-state index in [0.717, 1.165) is 31.4 Å². The van der Waals surface area contributed by atoms with Crippen LogP contribution in [0.25, 0.3) is 11.4 Å². The van der Waals surface area contributed by atoms with Crippen LogP contribution in [0, 0.1) is 5.92 Å². The fourth-order valence-electron chi connectivity index (χ4n) is 3.04. The lowest BCUT2D eigenvalue weighted by atomic mass is 10.1. The first-order chi connectivity index (χ1) is 11.2. The average Bonchev–Trinajstić information content (AvgIpc) is 3.20. The zero-order valence-electron chi connectivity index (χ0n) is 13.0. The van der Waals surface area contributed by atoms with Crippen LogP contribution in [-0.4, -0.2) is 45.6 Å². The van der Waals surface area contributed by atoms with E-state index in [0.29, 0.717) is 11.7 Å². The molecule has 1 aliphatic heterocycles. The van der Waals surface area contributed by atoms with Gasteiger partial charge in [0.05, 0.1) is 6.04 Å². The third-order valence-corrected chi connectivity index (χ3v) is 4.49. The quantitative estimate of drug-likeness (QED) is 0.918. The van der Waals surface area contributed by atoms with Gasteiger partial charge in [0.1, 0.15) is 0 Å². The highest BCUT2D eigenvalue weighted by Gasteiger charge is 2.37. The Morgan fingerprint density at radius 1 is 1.43 bits per heavy atom. The van der Waals surface area contributed by atoms with E-state index in [4.69, 9.17) is 4.52 Å². The van der Waals surface area contributed by atoms with Gasteiger partial charge in [0.15, 0.2) is 0 Å². The molecule has 2 atom stereocenters. The first kappa shape index (κ1) is 14.3. The molecule has 1 saturated heterocycles. The summed E-state index contributed by atoms with van der Waals surface area (Å²) in [5.74, 6) is 1.56. The monoisotopic (exact) mass is 313 g/mol. The molecule has 0 bridgehead atoms. The maximum absolute atomic E-state index is 11.9. The lowest BCUT2D eigenvalue weighted by Crippen LogP contribution is -2.37. The largest absolute Gasteiger partial charge is 0.352 e. The summed E-state index contributed by atoms with van der Waals surface area (Å²) in [6.07, 6.45) is 6.27. The predicted octanol–water partition coefficient (Wildman–Crippen LogP) is 1.40. The number of likely N-dealkylation sites (tertiary alicyclic amines) is 1. The molecule has 7 nitrogen and oxygen atoms in total. The molecule has 1 N–H and O–H groups in total. The van der Waals surface area contributed by atoms with Crippen molar-refractivity contribution in [1.29, 1.82) is 0 Å². The molecule has 7 heteroatoms. The van der Waals surface area contributed by atoms with Gasteiger partial charge in [-0.1, -0.05) is 5.16 Å². The van der Waals surface area contributed by atoms with Crippen molar-refractivity contribution in [3.63, 3.8) is 0 Å². The summed E-state index contributed by atoms with van der Waals surface area (Å²) in [5, 5.41) is 7.18. The Labute approximate surface area is 134 Å². The second kappa shape index (κ2) is 5.73. The molecular weight excluding hydrogens is 294 g/mol. The smallest absolute Gasteiger partial charge is 0.244 e. The van der Waals surface area contributed by atoms with E-state index in [1.54, 1.807) is 12.4 Å². The maximum atomic E-state index is 11.9. The molecule has 1 saturated carbocycles. The molecule has 0 unspecified atom stereocenters. The molecule has 3 heterocycles. The minimum atomic E-state index is 0.0393. The van der Waals surface area contributed by atoms with Gasteiger partial charge in [0, 0.05) is 36.5 Å². The summed E-state index contributed by atoms with van der Waals surface area (Å²) in [6, 6.07) is 3.93. The first-order valence-electron chi connectivity index (χ1n) is 7.95. The summed E-state index contributed by atoms with van der Waals surface area (Å²) < 4.78 is 5.44. The molecule has 2 fully saturated rings. The van der Waals surface area contributed by atoms with Gasteiger partial charge in [-0.05, 0) is 38.4 Å². The number of hydrogen-bond donors (Lipinski definition) is 1. The number of likely N-dealkylation sites (N-methyl/N-ethyl adjacent to an activating group) is 1. The van der Waals surface area contributed by atoms with Crippen LogP contribution in [0.2, 0.25) is 0 Å². The summed E-state index contributed by atoms with van der Waals surface area (Å²) in [5.41, 5.74) is 0.835. The van der Waals surface area contributed by atoms with Crippen molar-refractivity contribution in [1.82, 2.24) is 25.3 Å². The molecule has 120 valence electrons. The third-order valence-electron chi connectivity index (χ3n) is 4.49.